The number of aromatic amines is 1. The molecular formula is C10H7N5O2S. The molecule has 0 aliphatic heterocycles. The Hall–Kier alpha value is -2.35. The van der Waals surface area contributed by atoms with Gasteiger partial charge >= 0.3 is 5.97 Å². The third kappa shape index (κ3) is 1.93. The number of hydrogen-bond acceptors (Lipinski definition) is 7. The Balaban J connectivity index is 1.77. The highest BCUT2D eigenvalue weighted by atomic mass is 32.1. The molecule has 2 aromatic heterocycles. The van der Waals surface area contributed by atoms with Crippen molar-refractivity contribution in [2.75, 3.05) is 0 Å². The van der Waals surface area contributed by atoms with Gasteiger partial charge in [-0.3, -0.25) is 0 Å². The number of nitrogens with zero attached hydrogens (tertiary/aromatic N) is 4. The lowest BCUT2D eigenvalue weighted by Crippen LogP contribution is -2.06. The summed E-state index contributed by atoms with van der Waals surface area (Å²) in [5.41, 5.74) is 2.53. The van der Waals surface area contributed by atoms with E-state index in [4.69, 9.17) is 4.74 Å². The number of ether oxygens (including phenoxy) is 1. The Kier molecular flexibility index (Phi) is 2.69. The van der Waals surface area contributed by atoms with Gasteiger partial charge in [0, 0.05) is 5.56 Å². The first-order valence-corrected chi connectivity index (χ1v) is 5.80. The molecule has 3 rings (SSSR count). The van der Waals surface area contributed by atoms with Gasteiger partial charge in [-0.05, 0) is 6.07 Å². The SMILES string of the molecule is O=C(OCc1cccc2nsnc12)c1cn[nH]n1. The minimum absolute atomic E-state index is 0.133. The average Bonchev–Trinajstić information content (AvgIpc) is 3.05. The van der Waals surface area contributed by atoms with E-state index >= 15 is 0 Å². The molecule has 0 aliphatic rings. The van der Waals surface area contributed by atoms with Crippen molar-refractivity contribution >= 4 is 28.7 Å². The Labute approximate surface area is 105 Å². The van der Waals surface area contributed by atoms with Crippen molar-refractivity contribution in [2.24, 2.45) is 0 Å². The maximum absolute atomic E-state index is 11.6. The van der Waals surface area contributed by atoms with Gasteiger partial charge in [0.1, 0.15) is 17.6 Å². The lowest BCUT2D eigenvalue weighted by molar-refractivity contribution is 0.0467. The second-order valence-electron chi connectivity index (χ2n) is 3.48. The highest BCUT2D eigenvalue weighted by Gasteiger charge is 2.12. The maximum atomic E-state index is 11.6. The van der Waals surface area contributed by atoms with Crippen LogP contribution in [-0.4, -0.2) is 30.1 Å². The number of fused-ring (bicyclic) bond motifs is 1. The molecule has 1 aromatic carbocycles. The molecular weight excluding hydrogens is 254 g/mol. The van der Waals surface area contributed by atoms with Crippen LogP contribution in [0.5, 0.6) is 0 Å². The van der Waals surface area contributed by atoms with Crippen LogP contribution in [0.15, 0.2) is 24.4 Å². The van der Waals surface area contributed by atoms with E-state index in [-0.39, 0.29) is 12.3 Å². The second kappa shape index (κ2) is 4.49. The van der Waals surface area contributed by atoms with Gasteiger partial charge in [0.25, 0.3) is 0 Å². The highest BCUT2D eigenvalue weighted by Crippen LogP contribution is 2.17. The fraction of sp³-hybridized carbons (Fsp3) is 0.100. The Morgan fingerprint density at radius 3 is 3.17 bits per heavy atom. The van der Waals surface area contributed by atoms with Crippen molar-refractivity contribution in [1.29, 1.82) is 0 Å². The lowest BCUT2D eigenvalue weighted by atomic mass is 10.2. The molecule has 0 spiro atoms. The normalized spacial score (nSPS) is 10.7. The first kappa shape index (κ1) is 10.8. The molecule has 18 heavy (non-hydrogen) atoms. The number of esters is 1. The van der Waals surface area contributed by atoms with Crippen LogP contribution in [0.2, 0.25) is 0 Å². The summed E-state index contributed by atoms with van der Waals surface area (Å²) >= 11 is 1.13. The van der Waals surface area contributed by atoms with E-state index < -0.39 is 5.97 Å². The molecule has 0 fully saturated rings. The van der Waals surface area contributed by atoms with Crippen molar-refractivity contribution in [2.45, 2.75) is 6.61 Å². The number of benzene rings is 1. The van der Waals surface area contributed by atoms with E-state index in [0.717, 1.165) is 28.3 Å². The van der Waals surface area contributed by atoms with Crippen LogP contribution in [0.3, 0.4) is 0 Å². The number of carbonyl (C=O) groups is 1. The lowest BCUT2D eigenvalue weighted by Gasteiger charge is -2.02. The quantitative estimate of drug-likeness (QED) is 0.711. The van der Waals surface area contributed by atoms with Crippen LogP contribution in [-0.2, 0) is 11.3 Å². The largest absolute Gasteiger partial charge is 0.456 e. The van der Waals surface area contributed by atoms with E-state index in [2.05, 4.69) is 24.2 Å². The second-order valence-corrected chi connectivity index (χ2v) is 4.01. The first-order chi connectivity index (χ1) is 8.84. The summed E-state index contributed by atoms with van der Waals surface area (Å²) in [5.74, 6) is -0.524. The van der Waals surface area contributed by atoms with Gasteiger partial charge < -0.3 is 4.74 Å². The van der Waals surface area contributed by atoms with Gasteiger partial charge in [-0.15, -0.1) is 5.10 Å². The molecule has 0 bridgehead atoms. The molecule has 0 saturated carbocycles. The van der Waals surface area contributed by atoms with Crippen LogP contribution < -0.4 is 0 Å². The molecule has 2 heterocycles. The van der Waals surface area contributed by atoms with Crippen molar-refractivity contribution in [3.05, 3.63) is 35.7 Å². The van der Waals surface area contributed by atoms with Gasteiger partial charge in [0.2, 0.25) is 0 Å². The number of nitrogens with one attached hydrogen (secondary N) is 1. The standard InChI is InChI=1S/C10H7N5O2S/c16-10(8-4-11-15-12-8)17-5-6-2-1-3-7-9(6)14-18-13-7/h1-4H,5H2,(H,11,12,15). The Morgan fingerprint density at radius 2 is 2.33 bits per heavy atom. The molecule has 0 aliphatic carbocycles. The molecule has 90 valence electrons. The van der Waals surface area contributed by atoms with Crippen molar-refractivity contribution in [1.82, 2.24) is 24.2 Å². The van der Waals surface area contributed by atoms with E-state index in [1.807, 2.05) is 18.2 Å². The monoisotopic (exact) mass is 261 g/mol. The summed E-state index contributed by atoms with van der Waals surface area (Å²) in [6, 6.07) is 5.56. The van der Waals surface area contributed by atoms with Crippen LogP contribution in [0.1, 0.15) is 16.1 Å². The minimum Gasteiger partial charge on any atom is -0.456 e. The average molecular weight is 261 g/mol. The Bertz CT molecular complexity index is 678. The predicted octanol–water partition coefficient (Wildman–Crippen LogP) is 1.17. The van der Waals surface area contributed by atoms with E-state index in [1.165, 1.54) is 6.20 Å². The first-order valence-electron chi connectivity index (χ1n) is 5.07. The van der Waals surface area contributed by atoms with Crippen LogP contribution in [0.25, 0.3) is 11.0 Å². The summed E-state index contributed by atoms with van der Waals surface area (Å²) in [6.45, 7) is 0.133. The molecule has 8 heteroatoms. The van der Waals surface area contributed by atoms with Gasteiger partial charge in [0.05, 0.1) is 17.9 Å². The van der Waals surface area contributed by atoms with Gasteiger partial charge in [-0.2, -0.15) is 19.1 Å². The zero-order valence-electron chi connectivity index (χ0n) is 9.03. The van der Waals surface area contributed by atoms with Crippen LogP contribution in [0.4, 0.5) is 0 Å². The number of aromatic nitrogens is 5. The molecule has 0 amide bonds. The Morgan fingerprint density at radius 1 is 1.39 bits per heavy atom. The van der Waals surface area contributed by atoms with Crippen LogP contribution in [0, 0.1) is 0 Å². The molecule has 0 saturated heterocycles. The molecule has 7 nitrogen and oxygen atoms in total. The van der Waals surface area contributed by atoms with Gasteiger partial charge in [-0.1, -0.05) is 12.1 Å². The third-order valence-corrected chi connectivity index (χ3v) is 2.90. The zero-order chi connectivity index (χ0) is 12.4. The van der Waals surface area contributed by atoms with Gasteiger partial charge in [0.15, 0.2) is 5.69 Å². The molecule has 0 radical (unpaired) electrons. The molecule has 1 N–H and O–H groups in total. The number of H-pyrrole nitrogens is 1. The summed E-state index contributed by atoms with van der Waals surface area (Å²) in [5, 5.41) is 9.54. The number of rotatable bonds is 3. The maximum Gasteiger partial charge on any atom is 0.360 e. The topological polar surface area (TPSA) is 93.6 Å². The molecule has 0 unspecified atom stereocenters. The smallest absolute Gasteiger partial charge is 0.360 e. The highest BCUT2D eigenvalue weighted by molar-refractivity contribution is 7.00. The summed E-state index contributed by atoms with van der Waals surface area (Å²) in [7, 11) is 0. The van der Waals surface area contributed by atoms with E-state index in [0.29, 0.717) is 0 Å². The van der Waals surface area contributed by atoms with Gasteiger partial charge in [-0.25, -0.2) is 4.79 Å². The van der Waals surface area contributed by atoms with Crippen molar-refractivity contribution < 1.29 is 9.53 Å². The predicted molar refractivity (Wildman–Crippen MR) is 62.9 cm³/mol. The van der Waals surface area contributed by atoms with Crippen molar-refractivity contribution in [3.8, 4) is 0 Å². The van der Waals surface area contributed by atoms with Crippen molar-refractivity contribution in [3.63, 3.8) is 0 Å². The minimum atomic E-state index is -0.524. The summed E-state index contributed by atoms with van der Waals surface area (Å²) in [6.07, 6.45) is 1.31. The van der Waals surface area contributed by atoms with E-state index in [9.17, 15) is 4.79 Å². The summed E-state index contributed by atoms with van der Waals surface area (Å²) in [4.78, 5) is 11.6. The van der Waals surface area contributed by atoms with E-state index in [1.54, 1.807) is 0 Å². The third-order valence-electron chi connectivity index (χ3n) is 2.35. The molecule has 0 atom stereocenters. The summed E-state index contributed by atoms with van der Waals surface area (Å²) < 4.78 is 13.4. The number of carbonyl (C=O) groups excluding carboxylic acids is 1. The van der Waals surface area contributed by atoms with Crippen LogP contribution >= 0.6 is 11.7 Å². The zero-order valence-corrected chi connectivity index (χ0v) is 9.85. The number of hydrogen-bond donors (Lipinski definition) is 1. The fourth-order valence-electron chi connectivity index (χ4n) is 1.50. The fourth-order valence-corrected chi connectivity index (χ4v) is 2.06. The molecule has 3 aromatic rings.